The van der Waals surface area contributed by atoms with Crippen LogP contribution < -0.4 is 16.2 Å². The molecule has 0 saturated carbocycles. The number of esters is 2. The molecule has 2 unspecified atom stereocenters. The molecule has 2 aromatic carbocycles. The first-order valence-electron chi connectivity index (χ1n) is 13.2. The number of benzene rings is 2. The van der Waals surface area contributed by atoms with Crippen LogP contribution >= 0.6 is 0 Å². The van der Waals surface area contributed by atoms with Crippen molar-refractivity contribution in [3.8, 4) is 0 Å². The Morgan fingerprint density at radius 3 is 2.59 bits per heavy atom. The molecule has 0 fully saturated rings. The lowest BCUT2D eigenvalue weighted by Gasteiger charge is -2.46. The Labute approximate surface area is 228 Å². The molecule has 8 nitrogen and oxygen atoms in total. The van der Waals surface area contributed by atoms with Crippen molar-refractivity contribution in [2.24, 2.45) is 5.73 Å². The number of ether oxygens (including phenoxy) is 2. The van der Waals surface area contributed by atoms with Gasteiger partial charge >= 0.3 is 11.9 Å². The lowest BCUT2D eigenvalue weighted by Crippen LogP contribution is -2.63. The topological polar surface area (TPSA) is 111 Å². The first-order chi connectivity index (χ1) is 18.7. The largest absolute Gasteiger partial charge is 0.458 e. The fraction of sp³-hybridized carbons (Fsp3) is 0.300. The summed E-state index contributed by atoms with van der Waals surface area (Å²) in [7, 11) is -2.60. The van der Waals surface area contributed by atoms with Gasteiger partial charge in [0.2, 0.25) is 11.4 Å². The van der Waals surface area contributed by atoms with Crippen LogP contribution in [0.4, 0.5) is 0 Å². The molecule has 6 rings (SSSR count). The fourth-order valence-electron chi connectivity index (χ4n) is 6.22. The van der Waals surface area contributed by atoms with E-state index in [9.17, 15) is 14.4 Å². The van der Waals surface area contributed by atoms with Crippen LogP contribution in [0, 0.1) is 0 Å². The number of nitrogens with two attached hydrogens (primary N) is 1. The van der Waals surface area contributed by atoms with Crippen LogP contribution in [0.25, 0.3) is 6.08 Å². The number of fused-ring (bicyclic) bond motifs is 3. The van der Waals surface area contributed by atoms with E-state index in [0.29, 0.717) is 29.1 Å². The molecule has 4 aliphatic rings. The van der Waals surface area contributed by atoms with Gasteiger partial charge in [-0.3, -0.25) is 9.59 Å². The molecule has 3 heterocycles. The van der Waals surface area contributed by atoms with Crippen molar-refractivity contribution in [2.75, 3.05) is 6.54 Å². The van der Waals surface area contributed by atoms with Crippen LogP contribution in [0.15, 0.2) is 83.0 Å². The average molecular weight is 542 g/mol. The molecule has 0 bridgehead atoms. The third-order valence-corrected chi connectivity index (χ3v) is 11.9. The van der Waals surface area contributed by atoms with Crippen molar-refractivity contribution in [2.45, 2.75) is 50.7 Å². The van der Waals surface area contributed by atoms with Crippen LogP contribution in [-0.4, -0.2) is 48.6 Å². The van der Waals surface area contributed by atoms with Crippen LogP contribution in [0.1, 0.15) is 30.9 Å². The number of nitrogens with zero attached hydrogens (tertiary/aromatic N) is 1. The third kappa shape index (κ3) is 3.71. The Hall–Kier alpha value is -3.95. The monoisotopic (exact) mass is 541 g/mol. The van der Waals surface area contributed by atoms with Crippen molar-refractivity contribution in [1.82, 2.24) is 10.2 Å². The predicted octanol–water partition coefficient (Wildman–Crippen LogP) is 2.62. The molecule has 9 heteroatoms. The molecule has 2 aromatic rings. The molecule has 0 amide bonds. The second-order valence-corrected chi connectivity index (χ2v) is 15.4. The van der Waals surface area contributed by atoms with E-state index < -0.39 is 31.3 Å². The zero-order chi connectivity index (χ0) is 27.5. The number of allylic oxidation sites excluding steroid dienone is 2. The van der Waals surface area contributed by atoms with E-state index in [4.69, 9.17) is 15.2 Å². The summed E-state index contributed by atoms with van der Waals surface area (Å²) < 4.78 is 12.0. The summed E-state index contributed by atoms with van der Waals surface area (Å²) in [4.78, 5) is 42.9. The van der Waals surface area contributed by atoms with Gasteiger partial charge in [-0.05, 0) is 23.6 Å². The molecular formula is C30H31N3O5Si. The summed E-state index contributed by atoms with van der Waals surface area (Å²) in [6.07, 6.45) is 2.42. The standard InChI is InChI=1S/C30H31N3O5Si/c1-4-30(38-24(34)16-31)21-15-22-26(33-17-19-11-9-8-10-18(19)14-23(33)32-22)27(35)25(21)28(37-29(30)36)39(2,3)20-12-6-5-7-13-20/h5-14,28,32H,4,15-17,31H2,1-3H3. The summed E-state index contributed by atoms with van der Waals surface area (Å²) in [5.74, 6) is -0.749. The Bertz CT molecular complexity index is 1510. The minimum Gasteiger partial charge on any atom is -0.458 e. The van der Waals surface area contributed by atoms with Gasteiger partial charge in [0.1, 0.15) is 25.3 Å². The molecule has 0 radical (unpaired) electrons. The van der Waals surface area contributed by atoms with Crippen LogP contribution in [-0.2, 0) is 30.4 Å². The third-order valence-electron chi connectivity index (χ3n) is 8.37. The maximum atomic E-state index is 14.6. The minimum atomic E-state index is -2.60. The molecule has 0 spiro atoms. The van der Waals surface area contributed by atoms with Gasteiger partial charge in [-0.1, -0.05) is 79.8 Å². The number of cyclic esters (lactones) is 1. The summed E-state index contributed by atoms with van der Waals surface area (Å²) in [6.45, 7) is 6.12. The summed E-state index contributed by atoms with van der Waals surface area (Å²) in [5, 5.41) is 4.49. The lowest BCUT2D eigenvalue weighted by molar-refractivity contribution is -0.181. The second kappa shape index (κ2) is 9.06. The first-order valence-corrected chi connectivity index (χ1v) is 16.3. The summed E-state index contributed by atoms with van der Waals surface area (Å²) in [5.41, 5.74) is 7.54. The van der Waals surface area contributed by atoms with Crippen LogP contribution in [0.5, 0.6) is 0 Å². The minimum absolute atomic E-state index is 0.129. The number of ketones is 1. The molecule has 3 N–H and O–H groups in total. The molecule has 0 aromatic heterocycles. The van der Waals surface area contributed by atoms with Crippen molar-refractivity contribution in [3.05, 3.63) is 94.1 Å². The smallest absolute Gasteiger partial charge is 0.355 e. The molecule has 39 heavy (non-hydrogen) atoms. The number of carbonyl (C=O) groups excluding carboxylic acids is 3. The Morgan fingerprint density at radius 1 is 1.15 bits per heavy atom. The fourth-order valence-corrected chi connectivity index (χ4v) is 9.01. The quantitative estimate of drug-likeness (QED) is 0.439. The molecule has 3 aliphatic heterocycles. The highest BCUT2D eigenvalue weighted by Gasteiger charge is 2.59. The van der Waals surface area contributed by atoms with Crippen molar-refractivity contribution < 1.29 is 23.9 Å². The molecule has 2 atom stereocenters. The average Bonchev–Trinajstić information content (AvgIpc) is 3.30. The van der Waals surface area contributed by atoms with E-state index in [1.807, 2.05) is 53.4 Å². The Kier molecular flexibility index (Phi) is 5.89. The summed E-state index contributed by atoms with van der Waals surface area (Å²) in [6, 6.07) is 18.0. The van der Waals surface area contributed by atoms with Gasteiger partial charge in [-0.25, -0.2) is 4.79 Å². The Balaban J connectivity index is 1.51. The SMILES string of the molecule is CCC1(OC(=O)CN)C(=O)OC([Si](C)(C)c2ccccc2)C2=C1CC1=C(C2=O)N2Cc3ccccc3C=C2N1. The normalized spacial score (nSPS) is 23.7. The van der Waals surface area contributed by atoms with Gasteiger partial charge in [0.15, 0.2) is 0 Å². The Morgan fingerprint density at radius 2 is 1.87 bits per heavy atom. The van der Waals surface area contributed by atoms with Crippen molar-refractivity contribution in [3.63, 3.8) is 0 Å². The predicted molar refractivity (Wildman–Crippen MR) is 148 cm³/mol. The molecule has 1 aliphatic carbocycles. The van der Waals surface area contributed by atoms with E-state index in [2.05, 4.69) is 30.5 Å². The molecule has 0 saturated heterocycles. The number of nitrogens with one attached hydrogen (secondary N) is 1. The van der Waals surface area contributed by atoms with Gasteiger partial charge in [0.05, 0.1) is 13.1 Å². The highest BCUT2D eigenvalue weighted by Crippen LogP contribution is 2.48. The second-order valence-electron chi connectivity index (χ2n) is 10.9. The number of rotatable bonds is 5. The van der Waals surface area contributed by atoms with Crippen LogP contribution in [0.2, 0.25) is 13.1 Å². The van der Waals surface area contributed by atoms with E-state index in [1.54, 1.807) is 6.92 Å². The highest BCUT2D eigenvalue weighted by atomic mass is 28.3. The maximum absolute atomic E-state index is 14.6. The first kappa shape index (κ1) is 25.3. The van der Waals surface area contributed by atoms with E-state index in [0.717, 1.165) is 22.1 Å². The van der Waals surface area contributed by atoms with Crippen LogP contribution in [0.3, 0.4) is 0 Å². The maximum Gasteiger partial charge on any atom is 0.355 e. The number of carbonyl (C=O) groups is 3. The zero-order valence-electron chi connectivity index (χ0n) is 22.2. The highest BCUT2D eigenvalue weighted by molar-refractivity contribution is 6.91. The van der Waals surface area contributed by atoms with Gasteiger partial charge in [-0.15, -0.1) is 0 Å². The van der Waals surface area contributed by atoms with Gasteiger partial charge in [-0.2, -0.15) is 0 Å². The molecule has 200 valence electrons. The van der Waals surface area contributed by atoms with Gasteiger partial charge in [0, 0.05) is 23.3 Å². The van der Waals surface area contributed by atoms with Gasteiger partial charge in [0.25, 0.3) is 0 Å². The number of hydrogen-bond acceptors (Lipinski definition) is 8. The lowest BCUT2D eigenvalue weighted by atomic mass is 9.77. The van der Waals surface area contributed by atoms with E-state index in [1.165, 1.54) is 0 Å². The number of Topliss-reactive ketones (excluding diaryl/α,β-unsaturated/α-hetero) is 1. The van der Waals surface area contributed by atoms with Gasteiger partial charge < -0.3 is 25.4 Å². The summed E-state index contributed by atoms with van der Waals surface area (Å²) >= 11 is 0. The van der Waals surface area contributed by atoms with Crippen molar-refractivity contribution >= 4 is 37.1 Å². The number of hydrogen-bond donors (Lipinski definition) is 2. The van der Waals surface area contributed by atoms with E-state index >= 15 is 0 Å². The van der Waals surface area contributed by atoms with E-state index in [-0.39, 0.29) is 25.2 Å². The molecular weight excluding hydrogens is 510 g/mol. The zero-order valence-corrected chi connectivity index (χ0v) is 23.2. The van der Waals surface area contributed by atoms with Crippen molar-refractivity contribution in [1.29, 1.82) is 0 Å².